The number of hydrogen-bond donors (Lipinski definition) is 1. The Labute approximate surface area is 187 Å². The lowest BCUT2D eigenvalue weighted by atomic mass is 10.2. The molecule has 0 saturated carbocycles. The first kappa shape index (κ1) is 21.7. The Balaban J connectivity index is 1.30. The van der Waals surface area contributed by atoms with Gasteiger partial charge >= 0.3 is 0 Å². The Morgan fingerprint density at radius 3 is 2.84 bits per heavy atom. The molecule has 6 nitrogen and oxygen atoms in total. The second-order valence-electron chi connectivity index (χ2n) is 7.72. The summed E-state index contributed by atoms with van der Waals surface area (Å²) in [6.45, 7) is 2.75. The quantitative estimate of drug-likeness (QED) is 0.474. The van der Waals surface area contributed by atoms with Crippen molar-refractivity contribution in [3.05, 3.63) is 59.4 Å². The van der Waals surface area contributed by atoms with E-state index in [0.717, 1.165) is 54.8 Å². The summed E-state index contributed by atoms with van der Waals surface area (Å²) in [6, 6.07) is 15.6. The number of benzene rings is 2. The van der Waals surface area contributed by atoms with E-state index in [2.05, 4.69) is 16.0 Å². The first-order valence-corrected chi connectivity index (χ1v) is 11.3. The molecule has 1 saturated heterocycles. The molecule has 2 aromatic carbocycles. The van der Waals surface area contributed by atoms with Crippen molar-refractivity contribution in [3.8, 4) is 5.75 Å². The molecule has 1 aliphatic rings. The number of nitrogens with one attached hydrogen (secondary N) is 1. The van der Waals surface area contributed by atoms with Crippen LogP contribution >= 0.6 is 11.6 Å². The first-order chi connectivity index (χ1) is 15.2. The van der Waals surface area contributed by atoms with Crippen LogP contribution in [0.15, 0.2) is 48.5 Å². The molecule has 1 atom stereocenters. The lowest BCUT2D eigenvalue weighted by Crippen LogP contribution is -2.35. The van der Waals surface area contributed by atoms with Crippen LogP contribution in [0.25, 0.3) is 11.0 Å². The highest BCUT2D eigenvalue weighted by Gasteiger charge is 2.23. The van der Waals surface area contributed by atoms with Gasteiger partial charge in [0.15, 0.2) is 0 Å². The monoisotopic (exact) mass is 441 g/mol. The van der Waals surface area contributed by atoms with E-state index in [4.69, 9.17) is 26.1 Å². The van der Waals surface area contributed by atoms with Crippen LogP contribution in [0.4, 0.5) is 0 Å². The van der Waals surface area contributed by atoms with Crippen LogP contribution in [0.1, 0.15) is 31.5 Å². The van der Waals surface area contributed by atoms with Gasteiger partial charge in [-0.15, -0.1) is 0 Å². The molecule has 1 aromatic heterocycles. The third-order valence-corrected chi connectivity index (χ3v) is 5.71. The van der Waals surface area contributed by atoms with Gasteiger partial charge in [-0.3, -0.25) is 4.79 Å². The maximum Gasteiger partial charge on any atom is 0.249 e. The van der Waals surface area contributed by atoms with Crippen LogP contribution in [0, 0.1) is 0 Å². The highest BCUT2D eigenvalue weighted by molar-refractivity contribution is 6.30. The molecule has 1 unspecified atom stereocenters. The fraction of sp³-hybridized carbons (Fsp3) is 0.417. The summed E-state index contributed by atoms with van der Waals surface area (Å²) in [7, 11) is 0. The SMILES string of the molecule is O=C(NCCc1nc2ccccc2n1CCCCOc1ccc(Cl)cc1)C1CCCO1. The summed E-state index contributed by atoms with van der Waals surface area (Å²) in [5.41, 5.74) is 2.11. The number of rotatable bonds is 10. The van der Waals surface area contributed by atoms with E-state index in [9.17, 15) is 4.79 Å². The molecule has 0 spiro atoms. The minimum atomic E-state index is -0.292. The number of halogens is 1. The van der Waals surface area contributed by atoms with Crippen molar-refractivity contribution in [2.24, 2.45) is 0 Å². The maximum absolute atomic E-state index is 12.2. The Morgan fingerprint density at radius 2 is 2.03 bits per heavy atom. The molecular formula is C24H28ClN3O3. The molecule has 1 amide bonds. The van der Waals surface area contributed by atoms with Crippen molar-refractivity contribution in [1.82, 2.24) is 14.9 Å². The molecule has 31 heavy (non-hydrogen) atoms. The topological polar surface area (TPSA) is 65.4 Å². The van der Waals surface area contributed by atoms with Crippen molar-refractivity contribution >= 4 is 28.5 Å². The Hall–Kier alpha value is -2.57. The van der Waals surface area contributed by atoms with Crippen LogP contribution in [0.2, 0.25) is 5.02 Å². The van der Waals surface area contributed by atoms with Crippen LogP contribution < -0.4 is 10.1 Å². The molecule has 3 aromatic rings. The standard InChI is InChI=1S/C24H28ClN3O3/c25-18-9-11-19(12-10-18)30-16-4-3-15-28-21-7-2-1-6-20(21)27-23(28)13-14-26-24(29)22-8-5-17-31-22/h1-2,6-7,9-12,22H,3-5,8,13-17H2,(H,26,29). The molecule has 4 rings (SSSR count). The minimum Gasteiger partial charge on any atom is -0.494 e. The van der Waals surface area contributed by atoms with E-state index >= 15 is 0 Å². The highest BCUT2D eigenvalue weighted by atomic mass is 35.5. The summed E-state index contributed by atoms with van der Waals surface area (Å²) in [5, 5.41) is 3.70. The summed E-state index contributed by atoms with van der Waals surface area (Å²) in [5.74, 6) is 1.81. The van der Waals surface area contributed by atoms with Gasteiger partial charge in [0.2, 0.25) is 5.91 Å². The van der Waals surface area contributed by atoms with Crippen LogP contribution in [-0.4, -0.2) is 41.3 Å². The van der Waals surface area contributed by atoms with E-state index in [1.54, 1.807) is 0 Å². The molecular weight excluding hydrogens is 414 g/mol. The van der Waals surface area contributed by atoms with Gasteiger partial charge in [0.25, 0.3) is 0 Å². The van der Waals surface area contributed by atoms with Gasteiger partial charge in [0.05, 0.1) is 17.6 Å². The number of aromatic nitrogens is 2. The lowest BCUT2D eigenvalue weighted by Gasteiger charge is -2.12. The number of ether oxygens (including phenoxy) is 2. The third-order valence-electron chi connectivity index (χ3n) is 5.46. The van der Waals surface area contributed by atoms with Crippen molar-refractivity contribution in [3.63, 3.8) is 0 Å². The zero-order valence-corrected chi connectivity index (χ0v) is 18.3. The first-order valence-electron chi connectivity index (χ1n) is 10.9. The number of aryl methyl sites for hydroxylation is 1. The van der Waals surface area contributed by atoms with Gasteiger partial charge < -0.3 is 19.4 Å². The summed E-state index contributed by atoms with van der Waals surface area (Å²) in [6.07, 6.45) is 4.07. The molecule has 164 valence electrons. The third kappa shape index (κ3) is 5.77. The molecule has 7 heteroatoms. The fourth-order valence-corrected chi connectivity index (χ4v) is 3.98. The Bertz CT molecular complexity index is 997. The molecule has 1 N–H and O–H groups in total. The molecule has 0 aliphatic carbocycles. The van der Waals surface area contributed by atoms with Gasteiger partial charge in [-0.05, 0) is 62.1 Å². The second kappa shape index (κ2) is 10.6. The average molecular weight is 442 g/mol. The summed E-state index contributed by atoms with van der Waals surface area (Å²) in [4.78, 5) is 17.0. The van der Waals surface area contributed by atoms with Gasteiger partial charge in [-0.2, -0.15) is 0 Å². The van der Waals surface area contributed by atoms with Gasteiger partial charge in [0.1, 0.15) is 17.7 Å². The molecule has 0 bridgehead atoms. The van der Waals surface area contributed by atoms with Crippen molar-refractivity contribution in [2.45, 2.75) is 44.8 Å². The van der Waals surface area contributed by atoms with Crippen LogP contribution in [0.3, 0.4) is 0 Å². The Morgan fingerprint density at radius 1 is 1.19 bits per heavy atom. The number of fused-ring (bicyclic) bond motifs is 1. The molecule has 1 fully saturated rings. The van der Waals surface area contributed by atoms with Gasteiger partial charge in [0, 0.05) is 31.1 Å². The van der Waals surface area contributed by atoms with Crippen molar-refractivity contribution < 1.29 is 14.3 Å². The predicted molar refractivity (Wildman–Crippen MR) is 122 cm³/mol. The van der Waals surface area contributed by atoms with Gasteiger partial charge in [-0.1, -0.05) is 23.7 Å². The zero-order chi connectivity index (χ0) is 21.5. The molecule has 2 heterocycles. The number of nitrogens with zero attached hydrogens (tertiary/aromatic N) is 2. The average Bonchev–Trinajstić information content (AvgIpc) is 3.43. The number of hydrogen-bond acceptors (Lipinski definition) is 4. The molecule has 0 radical (unpaired) electrons. The van der Waals surface area contributed by atoms with Gasteiger partial charge in [-0.25, -0.2) is 4.98 Å². The predicted octanol–water partition coefficient (Wildman–Crippen LogP) is 4.39. The number of imidazole rings is 1. The smallest absolute Gasteiger partial charge is 0.249 e. The molecule has 1 aliphatic heterocycles. The second-order valence-corrected chi connectivity index (χ2v) is 8.16. The highest BCUT2D eigenvalue weighted by Crippen LogP contribution is 2.19. The van der Waals surface area contributed by atoms with Crippen molar-refractivity contribution in [1.29, 1.82) is 0 Å². The minimum absolute atomic E-state index is 0.0143. The largest absolute Gasteiger partial charge is 0.494 e. The number of carbonyl (C=O) groups is 1. The van der Waals surface area contributed by atoms with E-state index < -0.39 is 0 Å². The van der Waals surface area contributed by atoms with E-state index in [0.29, 0.717) is 31.2 Å². The van der Waals surface area contributed by atoms with Crippen LogP contribution in [-0.2, 0) is 22.5 Å². The number of amides is 1. The lowest BCUT2D eigenvalue weighted by molar-refractivity contribution is -0.130. The van der Waals surface area contributed by atoms with Crippen molar-refractivity contribution in [2.75, 3.05) is 19.8 Å². The number of para-hydroxylation sites is 2. The normalized spacial score (nSPS) is 16.0. The number of unbranched alkanes of at least 4 members (excludes halogenated alkanes) is 1. The summed E-state index contributed by atoms with van der Waals surface area (Å²) < 4.78 is 13.5. The maximum atomic E-state index is 12.2. The van der Waals surface area contributed by atoms with E-state index in [-0.39, 0.29) is 12.0 Å². The summed E-state index contributed by atoms with van der Waals surface area (Å²) >= 11 is 5.91. The fourth-order valence-electron chi connectivity index (χ4n) is 3.85. The van der Waals surface area contributed by atoms with Crippen LogP contribution in [0.5, 0.6) is 5.75 Å². The van der Waals surface area contributed by atoms with E-state index in [1.807, 2.05) is 42.5 Å². The van der Waals surface area contributed by atoms with E-state index in [1.165, 1.54) is 0 Å². The number of carbonyl (C=O) groups excluding carboxylic acids is 1. The Kier molecular flexibility index (Phi) is 7.43. The zero-order valence-electron chi connectivity index (χ0n) is 17.6.